The van der Waals surface area contributed by atoms with Gasteiger partial charge in [-0.2, -0.15) is 0 Å². The third-order valence-electron chi connectivity index (χ3n) is 5.76. The summed E-state index contributed by atoms with van der Waals surface area (Å²) in [6.07, 6.45) is 8.16. The van der Waals surface area contributed by atoms with E-state index >= 15 is 0 Å². The van der Waals surface area contributed by atoms with Gasteiger partial charge in [0.2, 0.25) is 13.3 Å². The molecule has 0 aliphatic carbocycles. The van der Waals surface area contributed by atoms with Crippen molar-refractivity contribution in [2.24, 2.45) is 0 Å². The number of pyridine rings is 1. The Bertz CT molecular complexity index is 1110. The topological polar surface area (TPSA) is 25.9 Å². The predicted molar refractivity (Wildman–Crippen MR) is 137 cm³/mol. The van der Waals surface area contributed by atoms with E-state index in [1.807, 2.05) is 44.4 Å². The van der Waals surface area contributed by atoms with Crippen LogP contribution in [0.5, 0.6) is 0 Å². The number of benzene rings is 2. The van der Waals surface area contributed by atoms with Gasteiger partial charge in [-0.15, -0.1) is 0 Å². The molecule has 3 heterocycles. The first-order valence-electron chi connectivity index (χ1n) is 11.5. The van der Waals surface area contributed by atoms with Gasteiger partial charge in [0, 0.05) is 36.2 Å². The Morgan fingerprint density at radius 2 is 1.00 bits per heavy atom. The molecule has 5 nitrogen and oxygen atoms in total. The van der Waals surface area contributed by atoms with Crippen LogP contribution in [0, 0.1) is 41.0 Å². The van der Waals surface area contributed by atoms with Crippen molar-refractivity contribution in [3.05, 3.63) is 126 Å². The van der Waals surface area contributed by atoms with Gasteiger partial charge < -0.3 is 19.6 Å². The molecule has 2 aliphatic rings. The van der Waals surface area contributed by atoms with Gasteiger partial charge in [0.05, 0.1) is 24.5 Å². The number of aromatic nitrogens is 1. The molecule has 2 aliphatic heterocycles. The summed E-state index contributed by atoms with van der Waals surface area (Å²) in [6, 6.07) is 19.2. The summed E-state index contributed by atoms with van der Waals surface area (Å²) >= 11 is 0. The molecule has 0 spiro atoms. The average Bonchev–Trinajstić information content (AvgIpc) is 3.43. The number of rotatable bonds is 6. The van der Waals surface area contributed by atoms with Crippen LogP contribution in [0.2, 0.25) is 0 Å². The van der Waals surface area contributed by atoms with Crippen molar-refractivity contribution in [1.82, 2.24) is 14.8 Å². The lowest BCUT2D eigenvalue weighted by Gasteiger charge is -2.21. The molecule has 0 fully saturated rings. The Morgan fingerprint density at radius 3 is 1.41 bits per heavy atom. The fourth-order valence-corrected chi connectivity index (χ4v) is 4.40. The lowest BCUT2D eigenvalue weighted by molar-refractivity contribution is 0.441. The summed E-state index contributed by atoms with van der Waals surface area (Å²) in [4.78, 5) is 13.0. The molecule has 170 valence electrons. The lowest BCUT2D eigenvalue weighted by atomic mass is 10.1. The van der Waals surface area contributed by atoms with Crippen LogP contribution in [0.3, 0.4) is 0 Å². The Kier molecular flexibility index (Phi) is 6.01. The van der Waals surface area contributed by atoms with Gasteiger partial charge in [-0.05, 0) is 86.3 Å². The second-order valence-electron chi connectivity index (χ2n) is 9.10. The van der Waals surface area contributed by atoms with E-state index < -0.39 is 0 Å². The first-order chi connectivity index (χ1) is 16.4. The van der Waals surface area contributed by atoms with Crippen LogP contribution in [-0.2, 0) is 13.1 Å². The summed E-state index contributed by atoms with van der Waals surface area (Å²) < 4.78 is 0. The van der Waals surface area contributed by atoms with E-state index in [-0.39, 0.29) is 0 Å². The highest BCUT2D eigenvalue weighted by atomic mass is 15.3. The number of hydrogen-bond donors (Lipinski definition) is 0. The SMILES string of the molecule is Cc1cc(C)cc(N2[C]N(Cc3cccc(CN4[C]N(c5cc(C)cc(C)c5)C=C4)n3)C=C2)c1. The number of hydrogen-bond acceptors (Lipinski definition) is 5. The molecular weight excluding hydrogens is 418 g/mol. The molecule has 34 heavy (non-hydrogen) atoms. The fourth-order valence-electron chi connectivity index (χ4n) is 4.40. The van der Waals surface area contributed by atoms with E-state index in [2.05, 4.69) is 95.6 Å². The van der Waals surface area contributed by atoms with E-state index in [4.69, 9.17) is 4.98 Å². The van der Waals surface area contributed by atoms with Crippen LogP contribution in [0.4, 0.5) is 11.4 Å². The first kappa shape index (κ1) is 22.1. The van der Waals surface area contributed by atoms with Gasteiger partial charge in [0.1, 0.15) is 0 Å². The smallest absolute Gasteiger partial charge is 0.213 e. The van der Waals surface area contributed by atoms with Crippen LogP contribution >= 0.6 is 0 Å². The quantitative estimate of drug-likeness (QED) is 0.469. The highest BCUT2D eigenvalue weighted by Gasteiger charge is 2.19. The summed E-state index contributed by atoms with van der Waals surface area (Å²) in [5.41, 5.74) is 9.25. The van der Waals surface area contributed by atoms with Crippen LogP contribution in [0.15, 0.2) is 79.4 Å². The van der Waals surface area contributed by atoms with E-state index in [0.717, 1.165) is 22.8 Å². The maximum Gasteiger partial charge on any atom is 0.213 e. The molecule has 0 saturated heterocycles. The molecule has 0 unspecified atom stereocenters. The highest BCUT2D eigenvalue weighted by molar-refractivity contribution is 5.56. The molecular formula is C29H29N5. The fraction of sp³-hybridized carbons (Fsp3) is 0.207. The average molecular weight is 448 g/mol. The molecule has 4 radical (unpaired) electrons. The molecule has 0 atom stereocenters. The minimum Gasteiger partial charge on any atom is -0.340 e. The van der Waals surface area contributed by atoms with Gasteiger partial charge in [0.25, 0.3) is 0 Å². The first-order valence-corrected chi connectivity index (χ1v) is 11.5. The van der Waals surface area contributed by atoms with Gasteiger partial charge in [-0.3, -0.25) is 4.98 Å². The Morgan fingerprint density at radius 1 is 0.588 bits per heavy atom. The Labute approximate surface area is 203 Å². The summed E-state index contributed by atoms with van der Waals surface area (Å²) in [5, 5.41) is 0. The normalized spacial score (nSPS) is 15.2. The van der Waals surface area contributed by atoms with E-state index in [9.17, 15) is 0 Å². The molecule has 0 bridgehead atoms. The van der Waals surface area contributed by atoms with E-state index in [0.29, 0.717) is 13.1 Å². The third-order valence-corrected chi connectivity index (χ3v) is 5.76. The summed E-state index contributed by atoms with van der Waals surface area (Å²) in [6.45, 7) is 16.6. The molecule has 0 N–H and O–H groups in total. The largest absolute Gasteiger partial charge is 0.340 e. The highest BCUT2D eigenvalue weighted by Crippen LogP contribution is 2.27. The van der Waals surface area contributed by atoms with Crippen molar-refractivity contribution >= 4 is 11.4 Å². The minimum absolute atomic E-state index is 0.670. The van der Waals surface area contributed by atoms with Crippen molar-refractivity contribution < 1.29 is 0 Å². The zero-order valence-corrected chi connectivity index (χ0v) is 20.2. The van der Waals surface area contributed by atoms with Crippen molar-refractivity contribution in [2.45, 2.75) is 40.8 Å². The standard InChI is InChI=1S/C29H29N5/c1-22-12-23(2)15-28(14-22)33-10-8-31(20-33)18-26-6-5-7-27(30-26)19-32-9-11-34(21-32)29-16-24(3)13-25(4)17-29/h5-17H,18-19H2,1-4H3. The van der Waals surface area contributed by atoms with Gasteiger partial charge >= 0.3 is 0 Å². The van der Waals surface area contributed by atoms with Crippen molar-refractivity contribution in [1.29, 1.82) is 0 Å². The van der Waals surface area contributed by atoms with E-state index in [1.165, 1.54) is 22.3 Å². The predicted octanol–water partition coefficient (Wildman–Crippen LogP) is 5.89. The maximum atomic E-state index is 4.88. The van der Waals surface area contributed by atoms with Crippen LogP contribution in [-0.4, -0.2) is 14.8 Å². The van der Waals surface area contributed by atoms with Crippen molar-refractivity contribution in [3.8, 4) is 0 Å². The van der Waals surface area contributed by atoms with Gasteiger partial charge in [-0.25, -0.2) is 0 Å². The Hall–Kier alpha value is -3.73. The monoisotopic (exact) mass is 447 g/mol. The number of nitrogens with zero attached hydrogens (tertiary/aromatic N) is 5. The number of anilines is 2. The maximum absolute atomic E-state index is 4.88. The van der Waals surface area contributed by atoms with Crippen molar-refractivity contribution in [3.63, 3.8) is 0 Å². The molecule has 5 heteroatoms. The number of aryl methyl sites for hydroxylation is 4. The third kappa shape index (κ3) is 5.09. The van der Waals surface area contributed by atoms with Gasteiger partial charge in [0.15, 0.2) is 0 Å². The zero-order chi connectivity index (χ0) is 23.7. The zero-order valence-electron chi connectivity index (χ0n) is 20.2. The summed E-state index contributed by atoms with van der Waals surface area (Å²) in [7, 11) is 0. The summed E-state index contributed by atoms with van der Waals surface area (Å²) in [5.74, 6) is 0. The Balaban J connectivity index is 1.19. The molecule has 2 aromatic carbocycles. The second kappa shape index (κ2) is 9.26. The lowest BCUT2D eigenvalue weighted by Crippen LogP contribution is -2.21. The van der Waals surface area contributed by atoms with Gasteiger partial charge in [-0.1, -0.05) is 18.2 Å². The van der Waals surface area contributed by atoms with E-state index in [1.54, 1.807) is 0 Å². The van der Waals surface area contributed by atoms with Crippen LogP contribution in [0.25, 0.3) is 0 Å². The molecule has 0 amide bonds. The van der Waals surface area contributed by atoms with Crippen molar-refractivity contribution in [2.75, 3.05) is 9.80 Å². The second-order valence-corrected chi connectivity index (χ2v) is 9.10. The molecule has 3 aromatic rings. The minimum atomic E-state index is 0.670. The van der Waals surface area contributed by atoms with Crippen LogP contribution in [0.1, 0.15) is 33.6 Å². The molecule has 0 saturated carbocycles. The van der Waals surface area contributed by atoms with Crippen LogP contribution < -0.4 is 9.80 Å². The molecule has 1 aromatic heterocycles. The molecule has 5 rings (SSSR count).